The Labute approximate surface area is 529 Å². The molecule has 0 bridgehead atoms. The molecule has 0 atom stereocenters. The molecule has 4 aromatic carbocycles. The topological polar surface area (TPSA) is 251 Å². The Morgan fingerprint density at radius 1 is 0.642 bits per heavy atom. The van der Waals surface area contributed by atoms with E-state index < -0.39 is 43.3 Å². The van der Waals surface area contributed by atoms with E-state index in [1.165, 1.54) is 22.7 Å². The molecule has 27 heteroatoms. The number of rotatable bonds is 14. The molecule has 18 nitrogen and oxygen atoms in total. The summed E-state index contributed by atoms with van der Waals surface area (Å²) in [5.74, 6) is 0. The van der Waals surface area contributed by atoms with Gasteiger partial charge in [0, 0.05) is 67.3 Å². The van der Waals surface area contributed by atoms with E-state index >= 15 is 0 Å². The van der Waals surface area contributed by atoms with Crippen molar-refractivity contribution in [2.24, 2.45) is 5.73 Å². The molecule has 2 amide bonds. The molecule has 4 heterocycles. The number of sulfonamides is 2. The molecular weight excluding hydrogens is 1640 g/mol. The zero-order chi connectivity index (χ0) is 60.3. The van der Waals surface area contributed by atoms with Crippen LogP contribution in [0.3, 0.4) is 0 Å². The number of aromatic nitrogens is 2. The number of benzene rings is 4. The van der Waals surface area contributed by atoms with Crippen molar-refractivity contribution in [2.45, 2.75) is 127 Å². The molecule has 0 unspecified atom stereocenters. The summed E-state index contributed by atoms with van der Waals surface area (Å²) >= 11 is 13.6. The van der Waals surface area contributed by atoms with Crippen LogP contribution in [0.1, 0.15) is 83.1 Å². The van der Waals surface area contributed by atoms with Gasteiger partial charge in [-0.2, -0.15) is 0 Å². The normalized spacial score (nSPS) is 14.7. The zero-order valence-electron chi connectivity index (χ0n) is 46.8. The number of ether oxygens (including phenoxy) is 4. The van der Waals surface area contributed by atoms with Gasteiger partial charge in [-0.15, -0.1) is 22.7 Å². The van der Waals surface area contributed by atoms with Gasteiger partial charge in [0.05, 0.1) is 69.3 Å². The van der Waals surface area contributed by atoms with Crippen LogP contribution in [0.5, 0.6) is 0 Å². The molecule has 0 radical (unpaired) electrons. The van der Waals surface area contributed by atoms with Crippen LogP contribution in [0.4, 0.5) is 26.7 Å². The summed E-state index contributed by atoms with van der Waals surface area (Å²) in [6, 6.07) is 25.0. The summed E-state index contributed by atoms with van der Waals surface area (Å²) in [5, 5.41) is 10.2. The van der Waals surface area contributed by atoms with E-state index in [4.69, 9.17) is 24.7 Å². The molecule has 81 heavy (non-hydrogen) atoms. The first kappa shape index (κ1) is 69.4. The second kappa shape index (κ2) is 29.8. The van der Waals surface area contributed by atoms with Gasteiger partial charge in [0.2, 0.25) is 20.0 Å². The van der Waals surface area contributed by atoms with Crippen LogP contribution >= 0.6 is 102 Å². The number of thiazole rings is 2. The van der Waals surface area contributed by atoms with Gasteiger partial charge < -0.3 is 30.0 Å². The van der Waals surface area contributed by atoms with Crippen LogP contribution < -0.4 is 31.1 Å². The molecule has 2 saturated heterocycles. The molecule has 2 aliphatic rings. The molecule has 7 N–H and O–H groups in total. The third kappa shape index (κ3) is 23.1. The van der Waals surface area contributed by atoms with Gasteiger partial charge >= 0.3 is 75.9 Å². The minimum absolute atomic E-state index is 0. The average Bonchev–Trinajstić information content (AvgIpc) is 4.10. The third-order valence-corrected chi connectivity index (χ3v) is 16.8. The van der Waals surface area contributed by atoms with E-state index in [1.54, 1.807) is 103 Å². The predicted molar refractivity (Wildman–Crippen MR) is 367 cm³/mol. The number of carbonyl (C=O) groups excluding carboxylic acids is 2. The molecule has 0 aliphatic carbocycles. The number of nitrogens with one attached hydrogen (secondary N) is 5. The summed E-state index contributed by atoms with van der Waals surface area (Å²) in [6.45, 7) is 24.6. The molecular formula is C54H69BrI4N8O10S4. The van der Waals surface area contributed by atoms with E-state index in [0.29, 0.717) is 45.9 Å². The SMILES string of the molecule is CC(C)OC(=O)Nc1ccc(-c2ncc(-c3ccc(Br)cc3S(=O)(=O)NC(C)(C)C)s2)cc1.CC(C)OC(=O)Nc1ccc(-c2ncc(-c3ccc(NC4(C)COC4)cc3S(=O)(=O)NC(C)(C)C)s2)cc1.CC1(N)COC1.II(I)I. The number of nitrogens with zero attached hydrogens (tertiary/aromatic N) is 2. The van der Waals surface area contributed by atoms with Crippen LogP contribution in [-0.4, -0.2) is 99.8 Å². The average molecular weight is 1710 g/mol. The quantitative estimate of drug-likeness (QED) is 0.0555. The van der Waals surface area contributed by atoms with E-state index in [2.05, 4.69) is 107 Å². The molecule has 0 spiro atoms. The van der Waals surface area contributed by atoms with Crippen molar-refractivity contribution in [3.8, 4) is 42.0 Å². The molecule has 8 rings (SSSR count). The van der Waals surface area contributed by atoms with E-state index in [1.807, 2.05) is 77.1 Å². The van der Waals surface area contributed by atoms with Crippen molar-refractivity contribution in [1.29, 1.82) is 0 Å². The van der Waals surface area contributed by atoms with Crippen LogP contribution in [-0.2, 0) is 39.0 Å². The molecule has 2 fully saturated rings. The van der Waals surface area contributed by atoms with Crippen molar-refractivity contribution < 1.29 is 45.4 Å². The Hall–Kier alpha value is -2.42. The summed E-state index contributed by atoms with van der Waals surface area (Å²) in [5.41, 5.74) is 8.76. The van der Waals surface area contributed by atoms with Gasteiger partial charge in [-0.1, -0.05) is 28.1 Å². The maximum absolute atomic E-state index is 13.5. The van der Waals surface area contributed by atoms with Crippen LogP contribution in [0, 0.1) is 0 Å². The fourth-order valence-electron chi connectivity index (χ4n) is 7.30. The molecule has 2 aliphatic heterocycles. The number of carbonyl (C=O) groups is 2. The first-order chi connectivity index (χ1) is 37.5. The van der Waals surface area contributed by atoms with Crippen molar-refractivity contribution in [1.82, 2.24) is 19.4 Å². The standard InChI is InChI=1S/C27H34N4O5S2.C23H26BrN3O4S2.C4H9NO.I4/c1-17(2)36-25(32)29-19-9-7-18(8-10-19)24-28-14-22(37-24)21-12-11-20(30-27(6)15-35-16-27)13-23(21)38(33,34)31-26(3,4)5;1-14(2)31-22(28)26-17-9-6-15(7-10-17)21-25-13-19(32-21)18-11-8-16(24)12-20(18)33(29,30)27-23(3,4)5;1-4(5)2-6-3-4;1-4(2)3/h7-14,17,30-31H,15-16H2,1-6H3,(H,29,32);6-14,27H,1-5H3,(H,26,28);2-3,5H2,1H3;. The second-order valence-electron chi connectivity index (χ2n) is 21.9. The first-order valence-corrected chi connectivity index (χ1v) is 49.3. The maximum atomic E-state index is 13.5. The van der Waals surface area contributed by atoms with Crippen LogP contribution in [0.15, 0.2) is 112 Å². The number of anilines is 3. The number of hydrogen-bond acceptors (Lipinski definition) is 16. The van der Waals surface area contributed by atoms with E-state index in [9.17, 15) is 26.4 Å². The van der Waals surface area contributed by atoms with Gasteiger partial charge in [-0.05, 0) is 156 Å². The zero-order valence-corrected chi connectivity index (χ0v) is 60.3. The van der Waals surface area contributed by atoms with Gasteiger partial charge in [-0.25, -0.2) is 45.8 Å². The van der Waals surface area contributed by atoms with E-state index in [0.717, 1.165) is 44.1 Å². The molecule has 2 aromatic heterocycles. The van der Waals surface area contributed by atoms with Crippen molar-refractivity contribution in [3.05, 3.63) is 102 Å². The Kier molecular flexibility index (Phi) is 25.5. The molecule has 6 aromatic rings. The molecule has 444 valence electrons. The third-order valence-electron chi connectivity index (χ3n) is 10.5. The van der Waals surface area contributed by atoms with E-state index in [-0.39, 0.29) is 41.0 Å². The fourth-order valence-corrected chi connectivity index (χ4v) is 13.2. The van der Waals surface area contributed by atoms with Gasteiger partial charge in [0.1, 0.15) is 10.0 Å². The first-order valence-electron chi connectivity index (χ1n) is 25.0. The van der Waals surface area contributed by atoms with Crippen LogP contribution in [0.25, 0.3) is 42.0 Å². The van der Waals surface area contributed by atoms with Crippen molar-refractivity contribution in [2.75, 3.05) is 42.4 Å². The number of amides is 2. The van der Waals surface area contributed by atoms with Gasteiger partial charge in [0.25, 0.3) is 0 Å². The summed E-state index contributed by atoms with van der Waals surface area (Å²) in [4.78, 5) is 34.5. The number of hydrogen-bond donors (Lipinski definition) is 6. The molecule has 0 saturated carbocycles. The van der Waals surface area contributed by atoms with Crippen molar-refractivity contribution >= 4 is 152 Å². The summed E-state index contributed by atoms with van der Waals surface area (Å²) < 4.78 is 79.6. The number of halogens is 5. The van der Waals surface area contributed by atoms with Crippen molar-refractivity contribution in [3.63, 3.8) is 0 Å². The number of nitrogens with two attached hydrogens (primary N) is 1. The Balaban J connectivity index is 0.000000255. The monoisotopic (exact) mass is 1700 g/mol. The summed E-state index contributed by atoms with van der Waals surface area (Å²) in [7, 11) is -7.95. The Morgan fingerprint density at radius 2 is 1.00 bits per heavy atom. The minimum atomic E-state index is -3.84. The predicted octanol–water partition coefficient (Wildman–Crippen LogP) is 15.3. The summed E-state index contributed by atoms with van der Waals surface area (Å²) in [6.07, 6.45) is 1.91. The van der Waals surface area contributed by atoms with Gasteiger partial charge in [-0.3, -0.25) is 10.6 Å². The Bertz CT molecular complexity index is 3310. The van der Waals surface area contributed by atoms with Gasteiger partial charge in [0.15, 0.2) is 0 Å². The van der Waals surface area contributed by atoms with Crippen LogP contribution in [0.2, 0.25) is 0 Å². The second-order valence-corrected chi connectivity index (χ2v) is 76.9. The Morgan fingerprint density at radius 3 is 1.33 bits per heavy atom. The fraction of sp³-hybridized carbons (Fsp3) is 0.407.